The van der Waals surface area contributed by atoms with Crippen molar-refractivity contribution in [3.8, 4) is 0 Å². The number of aryl methyl sites for hydroxylation is 1. The molecule has 1 aromatic rings. The molecule has 0 fully saturated rings. The molecular formula is C15H29N3O. The highest BCUT2D eigenvalue weighted by Gasteiger charge is 2.20. The molecule has 0 aliphatic carbocycles. The second-order valence-electron chi connectivity index (χ2n) is 5.84. The third kappa shape index (κ3) is 4.96. The predicted octanol–water partition coefficient (Wildman–Crippen LogP) is 2.54. The Balaban J connectivity index is 2.36. The summed E-state index contributed by atoms with van der Waals surface area (Å²) in [4.78, 5) is 4.40. The highest BCUT2D eigenvalue weighted by molar-refractivity contribution is 4.97. The van der Waals surface area contributed by atoms with Gasteiger partial charge in [-0.25, -0.2) is 4.98 Å². The maximum Gasteiger partial charge on any atom is 0.111 e. The molecule has 1 atom stereocenters. The van der Waals surface area contributed by atoms with E-state index in [9.17, 15) is 5.11 Å². The van der Waals surface area contributed by atoms with Crippen molar-refractivity contribution in [2.45, 2.75) is 65.0 Å². The Morgan fingerprint density at radius 2 is 2.16 bits per heavy atom. The van der Waals surface area contributed by atoms with Gasteiger partial charge in [-0.3, -0.25) is 0 Å². The van der Waals surface area contributed by atoms with Gasteiger partial charge in [0.1, 0.15) is 5.82 Å². The zero-order valence-electron chi connectivity index (χ0n) is 12.8. The van der Waals surface area contributed by atoms with Crippen LogP contribution in [-0.2, 0) is 6.54 Å². The van der Waals surface area contributed by atoms with Gasteiger partial charge in [-0.05, 0) is 32.7 Å². The smallest absolute Gasteiger partial charge is 0.111 e. The van der Waals surface area contributed by atoms with Gasteiger partial charge in [0.05, 0.1) is 6.61 Å². The van der Waals surface area contributed by atoms with E-state index in [1.165, 1.54) is 0 Å². The first-order chi connectivity index (χ1) is 9.02. The Kier molecular flexibility index (Phi) is 6.52. The van der Waals surface area contributed by atoms with Crippen LogP contribution in [0, 0.1) is 0 Å². The summed E-state index contributed by atoms with van der Waals surface area (Å²) >= 11 is 0. The Hall–Kier alpha value is -0.870. The molecule has 0 spiro atoms. The number of nitrogens with one attached hydrogen (secondary N) is 1. The van der Waals surface area contributed by atoms with Crippen LogP contribution in [0.3, 0.4) is 0 Å². The average Bonchev–Trinajstić information content (AvgIpc) is 2.83. The molecule has 1 unspecified atom stereocenters. The fourth-order valence-electron chi connectivity index (χ4n) is 2.46. The van der Waals surface area contributed by atoms with Gasteiger partial charge < -0.3 is 15.0 Å². The zero-order valence-corrected chi connectivity index (χ0v) is 12.8. The number of hydrogen-bond donors (Lipinski definition) is 2. The summed E-state index contributed by atoms with van der Waals surface area (Å²) in [7, 11) is 0. The minimum Gasteiger partial charge on any atom is -0.394 e. The third-order valence-corrected chi connectivity index (χ3v) is 3.59. The molecule has 0 radical (unpaired) electrons. The number of rotatable bonds is 9. The molecule has 4 heteroatoms. The van der Waals surface area contributed by atoms with Gasteiger partial charge in [-0.15, -0.1) is 0 Å². The molecular weight excluding hydrogens is 238 g/mol. The normalized spacial score (nSPS) is 14.8. The molecule has 0 saturated carbocycles. The number of aliphatic hydroxyl groups is 1. The summed E-state index contributed by atoms with van der Waals surface area (Å²) < 4.78 is 2.24. The molecule has 1 heterocycles. The molecule has 0 aliphatic rings. The molecule has 19 heavy (non-hydrogen) atoms. The lowest BCUT2D eigenvalue weighted by molar-refractivity contribution is 0.164. The van der Waals surface area contributed by atoms with Crippen molar-refractivity contribution >= 4 is 0 Å². The molecule has 2 N–H and O–H groups in total. The first kappa shape index (κ1) is 16.2. The van der Waals surface area contributed by atoms with Gasteiger partial charge in [0, 0.05) is 30.4 Å². The first-order valence-corrected chi connectivity index (χ1v) is 7.39. The van der Waals surface area contributed by atoms with E-state index in [-0.39, 0.29) is 12.1 Å². The van der Waals surface area contributed by atoms with Crippen molar-refractivity contribution in [1.82, 2.24) is 14.9 Å². The summed E-state index contributed by atoms with van der Waals surface area (Å²) in [6.45, 7) is 10.6. The molecule has 0 aromatic carbocycles. The summed E-state index contributed by atoms with van der Waals surface area (Å²) in [5.41, 5.74) is -0.134. The zero-order chi connectivity index (χ0) is 14.3. The molecule has 4 nitrogen and oxygen atoms in total. The predicted molar refractivity (Wildman–Crippen MR) is 79.3 cm³/mol. The quantitative estimate of drug-likeness (QED) is 0.676. The van der Waals surface area contributed by atoms with Crippen molar-refractivity contribution < 1.29 is 5.11 Å². The van der Waals surface area contributed by atoms with E-state index in [1.807, 2.05) is 6.20 Å². The minimum absolute atomic E-state index is 0.134. The van der Waals surface area contributed by atoms with Crippen molar-refractivity contribution in [3.63, 3.8) is 0 Å². The SMILES string of the molecule is CCNC(C)(CO)CCCCn1ccnc1C(C)C. The van der Waals surface area contributed by atoms with Gasteiger partial charge in [0.15, 0.2) is 0 Å². The second kappa shape index (κ2) is 7.65. The van der Waals surface area contributed by atoms with E-state index in [2.05, 4.69) is 48.8 Å². The fraction of sp³-hybridized carbons (Fsp3) is 0.800. The van der Waals surface area contributed by atoms with E-state index in [1.54, 1.807) is 0 Å². The van der Waals surface area contributed by atoms with Crippen LogP contribution in [0.25, 0.3) is 0 Å². The third-order valence-electron chi connectivity index (χ3n) is 3.59. The van der Waals surface area contributed by atoms with Gasteiger partial charge >= 0.3 is 0 Å². The molecule has 0 aliphatic heterocycles. The average molecular weight is 267 g/mol. The van der Waals surface area contributed by atoms with Crippen LogP contribution in [-0.4, -0.2) is 33.3 Å². The number of aromatic nitrogens is 2. The standard InChI is InChI=1S/C15H29N3O/c1-5-17-15(4,12-19)8-6-7-10-18-11-9-16-14(18)13(2)3/h9,11,13,17,19H,5-8,10,12H2,1-4H3. The van der Waals surface area contributed by atoms with Crippen LogP contribution in [0.4, 0.5) is 0 Å². The van der Waals surface area contributed by atoms with E-state index in [4.69, 9.17) is 0 Å². The van der Waals surface area contributed by atoms with Gasteiger partial charge in [-0.2, -0.15) is 0 Å². The minimum atomic E-state index is -0.134. The van der Waals surface area contributed by atoms with Crippen LogP contribution < -0.4 is 5.32 Å². The fourth-order valence-corrected chi connectivity index (χ4v) is 2.46. The monoisotopic (exact) mass is 267 g/mol. The highest BCUT2D eigenvalue weighted by atomic mass is 16.3. The van der Waals surface area contributed by atoms with E-state index < -0.39 is 0 Å². The lowest BCUT2D eigenvalue weighted by atomic mass is 9.95. The van der Waals surface area contributed by atoms with Crippen LogP contribution in [0.1, 0.15) is 58.7 Å². The Morgan fingerprint density at radius 3 is 2.74 bits per heavy atom. The summed E-state index contributed by atoms with van der Waals surface area (Å²) in [6.07, 6.45) is 7.18. The molecule has 0 bridgehead atoms. The number of hydrogen-bond acceptors (Lipinski definition) is 3. The lowest BCUT2D eigenvalue weighted by Crippen LogP contribution is -2.45. The number of imidazole rings is 1. The van der Waals surface area contributed by atoms with Gasteiger partial charge in [0.25, 0.3) is 0 Å². The van der Waals surface area contributed by atoms with Crippen LogP contribution in [0.2, 0.25) is 0 Å². The van der Waals surface area contributed by atoms with Crippen LogP contribution in [0.15, 0.2) is 12.4 Å². The number of unbranched alkanes of at least 4 members (excludes halogenated alkanes) is 1. The maximum atomic E-state index is 9.44. The molecule has 0 amide bonds. The van der Waals surface area contributed by atoms with Gasteiger partial charge in [0.2, 0.25) is 0 Å². The van der Waals surface area contributed by atoms with E-state index in [0.29, 0.717) is 5.92 Å². The van der Waals surface area contributed by atoms with E-state index >= 15 is 0 Å². The summed E-state index contributed by atoms with van der Waals surface area (Å²) in [6, 6.07) is 0. The van der Waals surface area contributed by atoms with Crippen LogP contribution in [0.5, 0.6) is 0 Å². The largest absolute Gasteiger partial charge is 0.394 e. The van der Waals surface area contributed by atoms with Crippen molar-refractivity contribution in [1.29, 1.82) is 0 Å². The molecule has 110 valence electrons. The topological polar surface area (TPSA) is 50.1 Å². The first-order valence-electron chi connectivity index (χ1n) is 7.39. The van der Waals surface area contributed by atoms with Gasteiger partial charge in [-0.1, -0.05) is 20.8 Å². The highest BCUT2D eigenvalue weighted by Crippen LogP contribution is 2.16. The number of likely N-dealkylation sites (N-methyl/N-ethyl adjacent to an activating group) is 1. The Labute approximate surface area is 117 Å². The maximum absolute atomic E-state index is 9.44. The van der Waals surface area contributed by atoms with Crippen molar-refractivity contribution in [2.24, 2.45) is 0 Å². The Morgan fingerprint density at radius 1 is 1.42 bits per heavy atom. The number of nitrogens with zero attached hydrogens (tertiary/aromatic N) is 2. The van der Waals surface area contributed by atoms with E-state index in [0.717, 1.165) is 38.2 Å². The van der Waals surface area contributed by atoms with Crippen LogP contribution >= 0.6 is 0 Å². The summed E-state index contributed by atoms with van der Waals surface area (Å²) in [5, 5.41) is 12.8. The number of aliphatic hydroxyl groups excluding tert-OH is 1. The van der Waals surface area contributed by atoms with Crippen molar-refractivity contribution in [3.05, 3.63) is 18.2 Å². The molecule has 1 aromatic heterocycles. The molecule has 1 rings (SSSR count). The Bertz CT molecular complexity index is 362. The lowest BCUT2D eigenvalue weighted by Gasteiger charge is -2.28. The second-order valence-corrected chi connectivity index (χ2v) is 5.84. The summed E-state index contributed by atoms with van der Waals surface area (Å²) in [5.74, 6) is 1.64. The molecule has 0 saturated heterocycles. The van der Waals surface area contributed by atoms with Crippen molar-refractivity contribution in [2.75, 3.05) is 13.2 Å².